The Morgan fingerprint density at radius 1 is 1.09 bits per heavy atom. The highest BCUT2D eigenvalue weighted by molar-refractivity contribution is 5.68. The molecule has 1 aliphatic heterocycles. The monoisotopic (exact) mass is 313 g/mol. The second-order valence-corrected chi connectivity index (χ2v) is 8.66. The van der Waals surface area contributed by atoms with Gasteiger partial charge in [-0.25, -0.2) is 4.79 Å². The maximum atomic E-state index is 12.1. The molecule has 1 heterocycles. The molecule has 4 heteroatoms. The Labute approximate surface area is 136 Å². The molecule has 0 radical (unpaired) electrons. The first-order valence-corrected chi connectivity index (χ1v) is 8.58. The van der Waals surface area contributed by atoms with Gasteiger partial charge in [-0.1, -0.05) is 27.7 Å². The van der Waals surface area contributed by atoms with Crippen molar-refractivity contribution in [3.63, 3.8) is 0 Å². The Balaban J connectivity index is 2.48. The quantitative estimate of drug-likeness (QED) is 0.760. The number of rotatable bonds is 4. The zero-order valence-corrected chi connectivity index (χ0v) is 15.6. The first-order valence-electron chi connectivity index (χ1n) is 8.58. The average Bonchev–Trinajstić information content (AvgIpc) is 2.36. The molecule has 1 rings (SSSR count). The lowest BCUT2D eigenvalue weighted by Gasteiger charge is -2.41. The molecule has 0 N–H and O–H groups in total. The third kappa shape index (κ3) is 6.55. The van der Waals surface area contributed by atoms with Gasteiger partial charge in [0.1, 0.15) is 5.60 Å². The van der Waals surface area contributed by atoms with Crippen molar-refractivity contribution >= 4 is 6.09 Å². The van der Waals surface area contributed by atoms with Crippen molar-refractivity contribution in [2.75, 3.05) is 19.7 Å². The molecule has 1 fully saturated rings. The maximum Gasteiger partial charge on any atom is 0.410 e. The van der Waals surface area contributed by atoms with Crippen molar-refractivity contribution in [3.05, 3.63) is 0 Å². The van der Waals surface area contributed by atoms with Crippen LogP contribution in [0.15, 0.2) is 0 Å². The Morgan fingerprint density at radius 2 is 1.64 bits per heavy atom. The van der Waals surface area contributed by atoms with Crippen LogP contribution in [0.25, 0.3) is 0 Å². The summed E-state index contributed by atoms with van der Waals surface area (Å²) in [5.74, 6) is 0. The summed E-state index contributed by atoms with van der Waals surface area (Å²) in [4.78, 5) is 13.9. The Bertz CT molecular complexity index is 358. The number of carbonyl (C=O) groups excluding carboxylic acids is 1. The van der Waals surface area contributed by atoms with Gasteiger partial charge in [0, 0.05) is 19.7 Å². The van der Waals surface area contributed by atoms with Crippen molar-refractivity contribution in [2.24, 2.45) is 5.41 Å². The number of hydrogen-bond acceptors (Lipinski definition) is 3. The van der Waals surface area contributed by atoms with E-state index in [9.17, 15) is 4.79 Å². The molecule has 1 saturated heterocycles. The van der Waals surface area contributed by atoms with Crippen LogP contribution in [0.4, 0.5) is 4.79 Å². The molecule has 1 amide bonds. The van der Waals surface area contributed by atoms with Crippen LogP contribution in [0, 0.1) is 5.41 Å². The summed E-state index contributed by atoms with van der Waals surface area (Å²) in [6, 6.07) is 0. The van der Waals surface area contributed by atoms with Crippen molar-refractivity contribution in [1.29, 1.82) is 0 Å². The van der Waals surface area contributed by atoms with Gasteiger partial charge in [-0.15, -0.1) is 0 Å². The summed E-state index contributed by atoms with van der Waals surface area (Å²) in [6.07, 6.45) is 3.65. The van der Waals surface area contributed by atoms with Crippen molar-refractivity contribution in [3.8, 4) is 0 Å². The summed E-state index contributed by atoms with van der Waals surface area (Å²) >= 11 is 0. The lowest BCUT2D eigenvalue weighted by molar-refractivity contribution is -0.0920. The van der Waals surface area contributed by atoms with Gasteiger partial charge in [0.15, 0.2) is 0 Å². The summed E-state index contributed by atoms with van der Waals surface area (Å²) in [6.45, 7) is 16.8. The van der Waals surface area contributed by atoms with E-state index < -0.39 is 5.60 Å². The molecule has 130 valence electrons. The van der Waals surface area contributed by atoms with Gasteiger partial charge in [-0.05, 0) is 51.9 Å². The van der Waals surface area contributed by atoms with Crippen molar-refractivity contribution in [1.82, 2.24) is 4.90 Å². The van der Waals surface area contributed by atoms with Crippen LogP contribution in [0.1, 0.15) is 74.1 Å². The van der Waals surface area contributed by atoms with E-state index >= 15 is 0 Å². The van der Waals surface area contributed by atoms with Gasteiger partial charge in [-0.2, -0.15) is 0 Å². The maximum absolute atomic E-state index is 12.1. The summed E-state index contributed by atoms with van der Waals surface area (Å²) in [7, 11) is 0. The third-order valence-corrected chi connectivity index (χ3v) is 4.23. The van der Waals surface area contributed by atoms with Gasteiger partial charge in [0.2, 0.25) is 0 Å². The lowest BCUT2D eigenvalue weighted by atomic mass is 9.88. The Kier molecular flexibility index (Phi) is 6.31. The zero-order chi connectivity index (χ0) is 17.0. The molecule has 0 unspecified atom stereocenters. The van der Waals surface area contributed by atoms with Gasteiger partial charge < -0.3 is 14.4 Å². The standard InChI is InChI=1S/C18H35NO3/c1-8-18(21-14-11-16(2,3)4)9-12-19(13-10-18)15(20)22-17(5,6)7/h8-14H2,1-7H3. The van der Waals surface area contributed by atoms with Gasteiger partial charge in [0.05, 0.1) is 5.60 Å². The van der Waals surface area contributed by atoms with E-state index in [1.54, 1.807) is 0 Å². The summed E-state index contributed by atoms with van der Waals surface area (Å²) in [5, 5.41) is 0. The third-order valence-electron chi connectivity index (χ3n) is 4.23. The molecule has 0 aromatic rings. The van der Waals surface area contributed by atoms with Crippen molar-refractivity contribution in [2.45, 2.75) is 85.4 Å². The van der Waals surface area contributed by atoms with E-state index in [2.05, 4.69) is 27.7 Å². The normalized spacial score (nSPS) is 19.1. The Morgan fingerprint density at radius 3 is 2.05 bits per heavy atom. The largest absolute Gasteiger partial charge is 0.444 e. The van der Waals surface area contributed by atoms with E-state index in [4.69, 9.17) is 9.47 Å². The highest BCUT2D eigenvalue weighted by Gasteiger charge is 2.36. The molecular weight excluding hydrogens is 278 g/mol. The summed E-state index contributed by atoms with van der Waals surface area (Å²) in [5.41, 5.74) is -0.199. The molecule has 0 spiro atoms. The highest BCUT2D eigenvalue weighted by Crippen LogP contribution is 2.31. The zero-order valence-electron chi connectivity index (χ0n) is 15.6. The van der Waals surface area contributed by atoms with Gasteiger partial charge in [-0.3, -0.25) is 0 Å². The van der Waals surface area contributed by atoms with E-state index in [0.29, 0.717) is 5.41 Å². The van der Waals surface area contributed by atoms with Crippen molar-refractivity contribution < 1.29 is 14.3 Å². The molecule has 0 atom stereocenters. The van der Waals surface area contributed by atoms with Gasteiger partial charge >= 0.3 is 6.09 Å². The van der Waals surface area contributed by atoms with Crippen LogP contribution in [-0.4, -0.2) is 41.9 Å². The van der Waals surface area contributed by atoms with Crippen LogP contribution >= 0.6 is 0 Å². The number of carbonyl (C=O) groups is 1. The van der Waals surface area contributed by atoms with Crippen LogP contribution in [-0.2, 0) is 9.47 Å². The number of amides is 1. The van der Waals surface area contributed by atoms with Crippen LogP contribution in [0.2, 0.25) is 0 Å². The fourth-order valence-corrected chi connectivity index (χ4v) is 2.60. The first kappa shape index (κ1) is 19.3. The molecule has 0 saturated carbocycles. The number of likely N-dealkylation sites (tertiary alicyclic amines) is 1. The minimum Gasteiger partial charge on any atom is -0.444 e. The number of piperidine rings is 1. The number of ether oxygens (including phenoxy) is 2. The predicted octanol–water partition coefficient (Wildman–Crippen LogP) is 4.62. The van der Waals surface area contributed by atoms with E-state index in [-0.39, 0.29) is 11.7 Å². The molecular formula is C18H35NO3. The number of hydrogen-bond donors (Lipinski definition) is 0. The molecule has 0 aliphatic carbocycles. The Hall–Kier alpha value is -0.770. The molecule has 4 nitrogen and oxygen atoms in total. The minimum absolute atomic E-state index is 0.0657. The summed E-state index contributed by atoms with van der Waals surface area (Å²) < 4.78 is 11.7. The first-order chi connectivity index (χ1) is 9.96. The van der Waals surface area contributed by atoms with Crippen LogP contribution in [0.5, 0.6) is 0 Å². The SMILES string of the molecule is CCC1(OCCC(C)(C)C)CCN(C(=O)OC(C)(C)C)CC1. The van der Waals surface area contributed by atoms with E-state index in [0.717, 1.165) is 45.4 Å². The second-order valence-electron chi connectivity index (χ2n) is 8.66. The second kappa shape index (κ2) is 7.20. The molecule has 22 heavy (non-hydrogen) atoms. The molecule has 0 aromatic carbocycles. The molecule has 1 aliphatic rings. The fourth-order valence-electron chi connectivity index (χ4n) is 2.60. The number of nitrogens with zero attached hydrogens (tertiary/aromatic N) is 1. The molecule has 0 aromatic heterocycles. The fraction of sp³-hybridized carbons (Fsp3) is 0.944. The van der Waals surface area contributed by atoms with Crippen LogP contribution in [0.3, 0.4) is 0 Å². The van der Waals surface area contributed by atoms with E-state index in [1.165, 1.54) is 0 Å². The topological polar surface area (TPSA) is 38.8 Å². The highest BCUT2D eigenvalue weighted by atomic mass is 16.6. The average molecular weight is 313 g/mol. The minimum atomic E-state index is -0.431. The van der Waals surface area contributed by atoms with Gasteiger partial charge in [0.25, 0.3) is 0 Å². The van der Waals surface area contributed by atoms with Crippen LogP contribution < -0.4 is 0 Å². The lowest BCUT2D eigenvalue weighted by Crippen LogP contribution is -2.49. The van der Waals surface area contributed by atoms with E-state index in [1.807, 2.05) is 25.7 Å². The predicted molar refractivity (Wildman–Crippen MR) is 90.1 cm³/mol. The molecule has 0 bridgehead atoms. The smallest absolute Gasteiger partial charge is 0.410 e.